The number of rotatable bonds is 14. The van der Waals surface area contributed by atoms with Crippen LogP contribution in [0.25, 0.3) is 5.57 Å². The maximum absolute atomic E-state index is 6.27. The fraction of sp³-hybridized carbons (Fsp3) is 0.625. The van der Waals surface area contributed by atoms with E-state index in [-0.39, 0.29) is 0 Å². The van der Waals surface area contributed by atoms with Gasteiger partial charge in [0.2, 0.25) is 0 Å². The largest absolute Gasteiger partial charge is 0.495 e. The number of benzene rings is 1. The first-order chi connectivity index (χ1) is 16.3. The van der Waals surface area contributed by atoms with Crippen molar-refractivity contribution in [2.24, 2.45) is 0 Å². The minimum Gasteiger partial charge on any atom is -0.495 e. The second-order valence-electron chi connectivity index (χ2n) is 10.3. The molecule has 2 aliphatic carbocycles. The van der Waals surface area contributed by atoms with Gasteiger partial charge in [-0.05, 0) is 74.1 Å². The highest BCUT2D eigenvalue weighted by atomic mass is 16.5. The fourth-order valence-corrected chi connectivity index (χ4v) is 5.21. The molecule has 1 fully saturated rings. The molecule has 0 bridgehead atoms. The number of hydrogen-bond acceptors (Lipinski definition) is 1. The molecule has 182 valence electrons. The van der Waals surface area contributed by atoms with E-state index in [1.54, 1.807) is 0 Å². The Morgan fingerprint density at radius 1 is 0.788 bits per heavy atom. The van der Waals surface area contributed by atoms with Gasteiger partial charge < -0.3 is 4.74 Å². The Balaban J connectivity index is 1.34. The molecule has 0 N–H and O–H groups in total. The summed E-state index contributed by atoms with van der Waals surface area (Å²) in [5, 5.41) is 0. The molecular weight excluding hydrogens is 400 g/mol. The highest BCUT2D eigenvalue weighted by molar-refractivity contribution is 5.76. The average Bonchev–Trinajstić information content (AvgIpc) is 2.86. The van der Waals surface area contributed by atoms with Gasteiger partial charge in [-0.15, -0.1) is 0 Å². The van der Waals surface area contributed by atoms with Gasteiger partial charge in [0, 0.05) is 0 Å². The Hall–Kier alpha value is -1.76. The molecule has 1 aromatic rings. The van der Waals surface area contributed by atoms with Gasteiger partial charge in [0.25, 0.3) is 0 Å². The molecule has 1 aromatic carbocycles. The van der Waals surface area contributed by atoms with E-state index >= 15 is 0 Å². The summed E-state index contributed by atoms with van der Waals surface area (Å²) in [5.41, 5.74) is 5.50. The van der Waals surface area contributed by atoms with Crippen LogP contribution in [0.1, 0.15) is 128 Å². The number of ether oxygens (including phenoxy) is 1. The Morgan fingerprint density at radius 3 is 2.03 bits per heavy atom. The predicted octanol–water partition coefficient (Wildman–Crippen LogP) is 10.1. The normalized spacial score (nSPS) is 18.3. The van der Waals surface area contributed by atoms with Crippen molar-refractivity contribution in [1.82, 2.24) is 0 Å². The van der Waals surface area contributed by atoms with Gasteiger partial charge >= 0.3 is 0 Å². The van der Waals surface area contributed by atoms with Gasteiger partial charge in [0.05, 0.1) is 11.9 Å². The molecule has 0 saturated heterocycles. The molecule has 0 atom stereocenters. The number of aryl methyl sites for hydroxylation is 1. The van der Waals surface area contributed by atoms with Crippen molar-refractivity contribution in [3.63, 3.8) is 0 Å². The summed E-state index contributed by atoms with van der Waals surface area (Å²) >= 11 is 0. The van der Waals surface area contributed by atoms with E-state index in [2.05, 4.69) is 56.3 Å². The van der Waals surface area contributed by atoms with Crippen molar-refractivity contribution in [3.8, 4) is 0 Å². The van der Waals surface area contributed by atoms with E-state index in [0.717, 1.165) is 12.2 Å². The standard InChI is InChI=1S/C32H48O/c1-3-4-5-6-7-8-9-10-11-13-16-28-19-21-30(22-20-28)31-25-23-29(24-26-31)27(2)33-32-17-14-12-15-18-32/h19-23,25-26,32H,3-18,24H2,1-2H3/b29-27-. The first-order valence-corrected chi connectivity index (χ1v) is 14.1. The number of allylic oxidation sites excluding steroid dienone is 6. The lowest BCUT2D eigenvalue weighted by atomic mass is 9.94. The molecule has 0 radical (unpaired) electrons. The monoisotopic (exact) mass is 448 g/mol. The number of unbranched alkanes of at least 4 members (excludes halogenated alkanes) is 9. The zero-order valence-electron chi connectivity index (χ0n) is 21.5. The van der Waals surface area contributed by atoms with Crippen molar-refractivity contribution >= 4 is 5.57 Å². The van der Waals surface area contributed by atoms with E-state index in [0.29, 0.717) is 6.10 Å². The Bertz CT molecular complexity index is 758. The zero-order chi connectivity index (χ0) is 23.1. The second-order valence-corrected chi connectivity index (χ2v) is 10.3. The molecule has 3 rings (SSSR count). The van der Waals surface area contributed by atoms with Crippen molar-refractivity contribution in [3.05, 3.63) is 65.0 Å². The highest BCUT2D eigenvalue weighted by Gasteiger charge is 2.16. The van der Waals surface area contributed by atoms with Crippen molar-refractivity contribution < 1.29 is 4.74 Å². The van der Waals surface area contributed by atoms with Gasteiger partial charge in [-0.1, -0.05) is 114 Å². The molecule has 0 heterocycles. The topological polar surface area (TPSA) is 9.23 Å². The smallest absolute Gasteiger partial charge is 0.0982 e. The molecule has 0 amide bonds. The third-order valence-corrected chi connectivity index (χ3v) is 7.46. The SMILES string of the molecule is CCCCCCCCCCCCc1ccc(C2=CC/C(=C(/C)OC3CCCCC3)C=C2)cc1. The average molecular weight is 449 g/mol. The van der Waals surface area contributed by atoms with Crippen LogP contribution in [-0.4, -0.2) is 6.10 Å². The summed E-state index contributed by atoms with van der Waals surface area (Å²) in [6.07, 6.45) is 30.0. The van der Waals surface area contributed by atoms with Gasteiger partial charge in [0.1, 0.15) is 0 Å². The van der Waals surface area contributed by atoms with Crippen LogP contribution in [0.4, 0.5) is 0 Å². The molecule has 0 spiro atoms. The van der Waals surface area contributed by atoms with E-state index in [1.807, 2.05) is 0 Å². The maximum atomic E-state index is 6.27. The lowest BCUT2D eigenvalue weighted by molar-refractivity contribution is 0.0819. The summed E-state index contributed by atoms with van der Waals surface area (Å²) < 4.78 is 6.27. The molecule has 2 aliphatic rings. The summed E-state index contributed by atoms with van der Waals surface area (Å²) in [4.78, 5) is 0. The van der Waals surface area contributed by atoms with Crippen molar-refractivity contribution in [1.29, 1.82) is 0 Å². The minimum atomic E-state index is 0.438. The van der Waals surface area contributed by atoms with Crippen LogP contribution in [0.15, 0.2) is 53.8 Å². The Labute approximate surface area is 204 Å². The first kappa shape index (κ1) is 25.9. The van der Waals surface area contributed by atoms with Crippen molar-refractivity contribution in [2.75, 3.05) is 0 Å². The fourth-order valence-electron chi connectivity index (χ4n) is 5.21. The van der Waals surface area contributed by atoms with Gasteiger partial charge in [-0.2, -0.15) is 0 Å². The summed E-state index contributed by atoms with van der Waals surface area (Å²) in [6.45, 7) is 4.44. The quantitative estimate of drug-likeness (QED) is 0.203. The van der Waals surface area contributed by atoms with Gasteiger partial charge in [-0.25, -0.2) is 0 Å². The van der Waals surface area contributed by atoms with Crippen LogP contribution < -0.4 is 0 Å². The van der Waals surface area contributed by atoms with Crippen molar-refractivity contribution in [2.45, 2.75) is 129 Å². The molecule has 0 unspecified atom stereocenters. The predicted molar refractivity (Wildman–Crippen MR) is 144 cm³/mol. The van der Waals surface area contributed by atoms with Crippen LogP contribution in [0.5, 0.6) is 0 Å². The van der Waals surface area contributed by atoms with Crippen LogP contribution in [0.2, 0.25) is 0 Å². The van der Waals surface area contributed by atoms with Crippen LogP contribution in [0.3, 0.4) is 0 Å². The minimum absolute atomic E-state index is 0.438. The Kier molecular flexibility index (Phi) is 11.9. The van der Waals surface area contributed by atoms with E-state index in [9.17, 15) is 0 Å². The van der Waals surface area contributed by atoms with Gasteiger partial charge in [-0.3, -0.25) is 0 Å². The first-order valence-electron chi connectivity index (χ1n) is 14.1. The molecule has 33 heavy (non-hydrogen) atoms. The third kappa shape index (κ3) is 9.55. The van der Waals surface area contributed by atoms with E-state index in [4.69, 9.17) is 4.74 Å². The van der Waals surface area contributed by atoms with Crippen LogP contribution >= 0.6 is 0 Å². The van der Waals surface area contributed by atoms with Gasteiger partial charge in [0.15, 0.2) is 0 Å². The highest BCUT2D eigenvalue weighted by Crippen LogP contribution is 2.29. The van der Waals surface area contributed by atoms with Crippen LogP contribution in [-0.2, 0) is 11.2 Å². The zero-order valence-corrected chi connectivity index (χ0v) is 21.5. The summed E-state index contributed by atoms with van der Waals surface area (Å²) in [7, 11) is 0. The molecule has 1 nitrogen and oxygen atoms in total. The third-order valence-electron chi connectivity index (χ3n) is 7.46. The molecular formula is C32H48O. The van der Waals surface area contributed by atoms with E-state index < -0.39 is 0 Å². The molecule has 0 aliphatic heterocycles. The van der Waals surface area contributed by atoms with E-state index in [1.165, 1.54) is 125 Å². The lowest BCUT2D eigenvalue weighted by Crippen LogP contribution is -2.16. The molecule has 0 aromatic heterocycles. The summed E-state index contributed by atoms with van der Waals surface area (Å²) in [6, 6.07) is 9.28. The van der Waals surface area contributed by atoms with Crippen LogP contribution in [0, 0.1) is 0 Å². The maximum Gasteiger partial charge on any atom is 0.0982 e. The Morgan fingerprint density at radius 2 is 1.42 bits per heavy atom. The summed E-state index contributed by atoms with van der Waals surface area (Å²) in [5.74, 6) is 1.13. The number of hydrogen-bond donors (Lipinski definition) is 0. The second kappa shape index (κ2) is 15.2. The molecule has 1 saturated carbocycles. The molecule has 1 heteroatoms. The lowest BCUT2D eigenvalue weighted by Gasteiger charge is -2.24.